The summed E-state index contributed by atoms with van der Waals surface area (Å²) in [6.07, 6.45) is 0.273. The van der Waals surface area contributed by atoms with E-state index in [0.717, 1.165) is 16.7 Å². The van der Waals surface area contributed by atoms with Crippen LogP contribution in [0, 0.1) is 0 Å². The Morgan fingerprint density at radius 2 is 1.58 bits per heavy atom. The smallest absolute Gasteiger partial charge is 0.320 e. The molecule has 1 aromatic rings. The van der Waals surface area contributed by atoms with E-state index in [1.807, 2.05) is 39.8 Å². The van der Waals surface area contributed by atoms with Crippen LogP contribution in [0.25, 0.3) is 0 Å². The Hall–Kier alpha value is -1.55. The van der Waals surface area contributed by atoms with Crippen LogP contribution in [-0.4, -0.2) is 22.2 Å². The number of phenolic OH excluding ortho intramolecular Hbond substituents is 1. The Kier molecular flexibility index (Phi) is 4.95. The summed E-state index contributed by atoms with van der Waals surface area (Å²) in [7, 11) is 0. The van der Waals surface area contributed by atoms with Gasteiger partial charge in [0.05, 0.1) is 0 Å². The van der Waals surface area contributed by atoms with Crippen LogP contribution in [0.3, 0.4) is 0 Å². The lowest BCUT2D eigenvalue weighted by atomic mass is 9.90. The van der Waals surface area contributed by atoms with Gasteiger partial charge in [-0.3, -0.25) is 4.79 Å². The maximum atomic E-state index is 10.8. The van der Waals surface area contributed by atoms with Crippen LogP contribution in [-0.2, 0) is 11.2 Å². The molecule has 106 valence electrons. The third-order valence-electron chi connectivity index (χ3n) is 3.25. The van der Waals surface area contributed by atoms with E-state index in [4.69, 9.17) is 10.8 Å². The number of hydrogen-bond donors (Lipinski definition) is 3. The first-order chi connectivity index (χ1) is 8.73. The summed E-state index contributed by atoms with van der Waals surface area (Å²) in [5, 5.41) is 19.1. The molecule has 0 spiro atoms. The second kappa shape index (κ2) is 6.06. The summed E-state index contributed by atoms with van der Waals surface area (Å²) in [4.78, 5) is 10.8. The zero-order valence-electron chi connectivity index (χ0n) is 12.0. The van der Waals surface area contributed by atoms with Crippen molar-refractivity contribution in [1.82, 2.24) is 0 Å². The van der Waals surface area contributed by atoms with Crippen molar-refractivity contribution in [3.05, 3.63) is 28.8 Å². The number of aliphatic carboxylic acids is 1. The topological polar surface area (TPSA) is 83.6 Å². The zero-order chi connectivity index (χ0) is 14.7. The van der Waals surface area contributed by atoms with Gasteiger partial charge in [0.2, 0.25) is 0 Å². The van der Waals surface area contributed by atoms with Crippen LogP contribution >= 0.6 is 0 Å². The van der Waals surface area contributed by atoms with Gasteiger partial charge in [0.1, 0.15) is 11.8 Å². The SMILES string of the molecule is CC(C)c1cc(C[C@H](N)C(=O)O)cc(C(C)C)c1O. The lowest BCUT2D eigenvalue weighted by Crippen LogP contribution is -2.32. The third kappa shape index (κ3) is 3.70. The molecule has 4 heteroatoms. The molecule has 0 heterocycles. The first-order valence-corrected chi connectivity index (χ1v) is 6.58. The normalized spacial score (nSPS) is 13.0. The molecule has 0 aliphatic rings. The van der Waals surface area contributed by atoms with E-state index in [1.54, 1.807) is 0 Å². The number of benzene rings is 1. The summed E-state index contributed by atoms with van der Waals surface area (Å²) in [6.45, 7) is 8.00. The van der Waals surface area contributed by atoms with Crippen molar-refractivity contribution in [2.24, 2.45) is 5.73 Å². The van der Waals surface area contributed by atoms with Gasteiger partial charge in [0.15, 0.2) is 0 Å². The predicted molar refractivity (Wildman–Crippen MR) is 75.6 cm³/mol. The molecular weight excluding hydrogens is 242 g/mol. The van der Waals surface area contributed by atoms with Gasteiger partial charge >= 0.3 is 5.97 Å². The van der Waals surface area contributed by atoms with Crippen LogP contribution in [0.5, 0.6) is 5.75 Å². The Bertz CT molecular complexity index is 437. The summed E-state index contributed by atoms with van der Waals surface area (Å²) in [6, 6.07) is 2.80. The van der Waals surface area contributed by atoms with E-state index in [1.165, 1.54) is 0 Å². The molecule has 0 amide bonds. The number of carboxylic acids is 1. The molecular formula is C15H23NO3. The highest BCUT2D eigenvalue weighted by Gasteiger charge is 2.18. The number of carbonyl (C=O) groups is 1. The predicted octanol–water partition coefficient (Wildman–Crippen LogP) is 2.59. The Morgan fingerprint density at radius 3 is 1.89 bits per heavy atom. The van der Waals surface area contributed by atoms with E-state index < -0.39 is 12.0 Å². The van der Waals surface area contributed by atoms with Gasteiger partial charge in [0, 0.05) is 0 Å². The summed E-state index contributed by atoms with van der Waals surface area (Å²) in [5.41, 5.74) is 8.13. The summed E-state index contributed by atoms with van der Waals surface area (Å²) < 4.78 is 0. The lowest BCUT2D eigenvalue weighted by molar-refractivity contribution is -0.138. The third-order valence-corrected chi connectivity index (χ3v) is 3.25. The van der Waals surface area contributed by atoms with Gasteiger partial charge in [0.25, 0.3) is 0 Å². The van der Waals surface area contributed by atoms with Crippen molar-refractivity contribution >= 4 is 5.97 Å². The average Bonchev–Trinajstić information content (AvgIpc) is 2.30. The minimum absolute atomic E-state index is 0.179. The standard InChI is InChI=1S/C15H23NO3/c1-8(2)11-5-10(7-13(16)15(18)19)6-12(9(3)4)14(11)17/h5-6,8-9,13,17H,7,16H2,1-4H3,(H,18,19)/t13-/m0/s1. The first-order valence-electron chi connectivity index (χ1n) is 6.58. The van der Waals surface area contributed by atoms with Crippen molar-refractivity contribution in [2.45, 2.75) is 52.0 Å². The molecule has 4 nitrogen and oxygen atoms in total. The molecule has 0 saturated carbocycles. The highest BCUT2D eigenvalue weighted by Crippen LogP contribution is 2.34. The summed E-state index contributed by atoms with van der Waals surface area (Å²) >= 11 is 0. The Morgan fingerprint density at radius 1 is 1.16 bits per heavy atom. The van der Waals surface area contributed by atoms with Crippen LogP contribution < -0.4 is 5.73 Å². The minimum atomic E-state index is -1.01. The lowest BCUT2D eigenvalue weighted by Gasteiger charge is -2.18. The Balaban J connectivity index is 3.23. The molecule has 0 bridgehead atoms. The molecule has 4 N–H and O–H groups in total. The monoisotopic (exact) mass is 265 g/mol. The van der Waals surface area contributed by atoms with Crippen molar-refractivity contribution in [1.29, 1.82) is 0 Å². The van der Waals surface area contributed by atoms with Gasteiger partial charge in [-0.1, -0.05) is 39.8 Å². The number of carboxylic acid groups (broad SMARTS) is 1. The van der Waals surface area contributed by atoms with Crippen molar-refractivity contribution < 1.29 is 15.0 Å². The molecule has 19 heavy (non-hydrogen) atoms. The molecule has 0 fully saturated rings. The van der Waals surface area contributed by atoms with Crippen LogP contribution in [0.15, 0.2) is 12.1 Å². The van der Waals surface area contributed by atoms with Crippen LogP contribution in [0.4, 0.5) is 0 Å². The fourth-order valence-electron chi connectivity index (χ4n) is 2.08. The van der Waals surface area contributed by atoms with Gasteiger partial charge in [-0.05, 0) is 34.9 Å². The summed E-state index contributed by atoms with van der Waals surface area (Å²) in [5.74, 6) is -0.333. The van der Waals surface area contributed by atoms with E-state index in [-0.39, 0.29) is 18.3 Å². The molecule has 1 aromatic carbocycles. The molecule has 0 unspecified atom stereocenters. The van der Waals surface area contributed by atoms with Crippen LogP contribution in [0.1, 0.15) is 56.2 Å². The molecule has 0 radical (unpaired) electrons. The van der Waals surface area contributed by atoms with Crippen molar-refractivity contribution in [2.75, 3.05) is 0 Å². The maximum absolute atomic E-state index is 10.8. The van der Waals surface area contributed by atoms with Gasteiger partial charge in [-0.2, -0.15) is 0 Å². The number of rotatable bonds is 5. The molecule has 0 aromatic heterocycles. The molecule has 1 rings (SSSR count). The second-order valence-electron chi connectivity index (χ2n) is 5.58. The number of aromatic hydroxyl groups is 1. The van der Waals surface area contributed by atoms with Crippen LogP contribution in [0.2, 0.25) is 0 Å². The fourth-order valence-corrected chi connectivity index (χ4v) is 2.08. The number of nitrogens with two attached hydrogens (primary N) is 1. The van der Waals surface area contributed by atoms with Crippen molar-refractivity contribution in [3.8, 4) is 5.75 Å². The molecule has 0 saturated heterocycles. The van der Waals surface area contributed by atoms with Gasteiger partial charge < -0.3 is 15.9 Å². The first kappa shape index (κ1) is 15.5. The van der Waals surface area contributed by atoms with Crippen molar-refractivity contribution in [3.63, 3.8) is 0 Å². The average molecular weight is 265 g/mol. The van der Waals surface area contributed by atoms with E-state index in [9.17, 15) is 9.90 Å². The highest BCUT2D eigenvalue weighted by atomic mass is 16.4. The van der Waals surface area contributed by atoms with E-state index >= 15 is 0 Å². The zero-order valence-corrected chi connectivity index (χ0v) is 12.0. The number of phenols is 1. The highest BCUT2D eigenvalue weighted by molar-refractivity contribution is 5.73. The largest absolute Gasteiger partial charge is 0.507 e. The maximum Gasteiger partial charge on any atom is 0.320 e. The fraction of sp³-hybridized carbons (Fsp3) is 0.533. The molecule has 1 atom stereocenters. The van der Waals surface area contributed by atoms with E-state index in [2.05, 4.69) is 0 Å². The quantitative estimate of drug-likeness (QED) is 0.764. The Labute approximate surface area is 114 Å². The molecule has 0 aliphatic carbocycles. The molecule has 0 aliphatic heterocycles. The van der Waals surface area contributed by atoms with Gasteiger partial charge in [-0.25, -0.2) is 0 Å². The number of hydrogen-bond acceptors (Lipinski definition) is 3. The minimum Gasteiger partial charge on any atom is -0.507 e. The van der Waals surface area contributed by atoms with E-state index in [0.29, 0.717) is 5.75 Å². The van der Waals surface area contributed by atoms with Gasteiger partial charge in [-0.15, -0.1) is 0 Å². The second-order valence-corrected chi connectivity index (χ2v) is 5.58.